The minimum absolute atomic E-state index is 0.00715. The lowest BCUT2D eigenvalue weighted by Gasteiger charge is -2.41. The number of ether oxygens (including phenoxy) is 2. The number of rotatable bonds is 7. The number of hydrogen-bond acceptors (Lipinski definition) is 9. The molecule has 1 atom stereocenters. The van der Waals surface area contributed by atoms with Crippen molar-refractivity contribution in [2.45, 2.75) is 70.9 Å². The number of β-amino-alcohol motifs (C(OH)–C–C–N with tert-alkyl or cyclic N) is 1. The number of halogens is 1. The van der Waals surface area contributed by atoms with E-state index in [0.29, 0.717) is 32.6 Å². The maximum absolute atomic E-state index is 12.8. The monoisotopic (exact) mass is 681 g/mol. The number of aliphatic hydroxyl groups is 1. The summed E-state index contributed by atoms with van der Waals surface area (Å²) in [6.45, 7) is 8.76. The summed E-state index contributed by atoms with van der Waals surface area (Å²) in [6, 6.07) is 15.8. The molecular formula is C33H40BrN5O6. The molecule has 0 spiro atoms. The Morgan fingerprint density at radius 2 is 1.82 bits per heavy atom. The Balaban J connectivity index is 1.11. The summed E-state index contributed by atoms with van der Waals surface area (Å²) in [5, 5.41) is 17.8. The lowest BCUT2D eigenvalue weighted by molar-refractivity contribution is -0.151. The van der Waals surface area contributed by atoms with Crippen LogP contribution in [0, 0.1) is 0 Å². The van der Waals surface area contributed by atoms with Gasteiger partial charge in [0.2, 0.25) is 0 Å². The van der Waals surface area contributed by atoms with Crippen molar-refractivity contribution in [2.24, 2.45) is 0 Å². The van der Waals surface area contributed by atoms with Crippen molar-refractivity contribution in [3.8, 4) is 17.0 Å². The Hall–Kier alpha value is -3.45. The number of aliphatic hydroxyl groups excluding tert-OH is 1. The normalized spacial score (nSPS) is 18.6. The van der Waals surface area contributed by atoms with Crippen molar-refractivity contribution in [2.75, 3.05) is 37.7 Å². The maximum Gasteiger partial charge on any atom is 0.528 e. The summed E-state index contributed by atoms with van der Waals surface area (Å²) in [5.74, 6) is 0.742. The van der Waals surface area contributed by atoms with E-state index in [4.69, 9.17) is 19.4 Å². The Labute approximate surface area is 271 Å². The van der Waals surface area contributed by atoms with Gasteiger partial charge in [0.25, 0.3) is 5.91 Å². The molecular weight excluding hydrogens is 642 g/mol. The van der Waals surface area contributed by atoms with E-state index >= 15 is 0 Å². The standard InChI is InChI=1S/C33H40BrN5O6/c1-33(2,3)44-32(42)45-37-17-14-27-26(20-37)31(22-8-10-23(34)11-9-22)35-38(27)19-25(40)18-36-15-12-24(13-16-36)39-28-6-4-5-7-29(28)43-21-30(39)41/h4-11,24-25,40H,12-21H2,1-3H3. The van der Waals surface area contributed by atoms with Gasteiger partial charge in [-0.3, -0.25) is 9.48 Å². The van der Waals surface area contributed by atoms with Crippen LogP contribution in [0.25, 0.3) is 11.3 Å². The zero-order valence-corrected chi connectivity index (χ0v) is 27.5. The second-order valence-electron chi connectivity index (χ2n) is 12.8. The van der Waals surface area contributed by atoms with Crippen molar-refractivity contribution < 1.29 is 29.0 Å². The number of para-hydroxylation sites is 2. The van der Waals surface area contributed by atoms with Crippen LogP contribution < -0.4 is 9.64 Å². The lowest BCUT2D eigenvalue weighted by Crippen LogP contribution is -2.51. The first-order valence-corrected chi connectivity index (χ1v) is 16.3. The third-order valence-electron chi connectivity index (χ3n) is 8.33. The maximum atomic E-state index is 12.8. The van der Waals surface area contributed by atoms with Crippen LogP contribution in [0.2, 0.25) is 0 Å². The van der Waals surface area contributed by atoms with Crippen molar-refractivity contribution in [3.05, 3.63) is 64.3 Å². The summed E-state index contributed by atoms with van der Waals surface area (Å²) in [5.41, 5.74) is 3.94. The Morgan fingerprint density at radius 3 is 2.56 bits per heavy atom. The molecule has 12 heteroatoms. The van der Waals surface area contributed by atoms with Crippen molar-refractivity contribution in [1.29, 1.82) is 0 Å². The number of likely N-dealkylation sites (tertiary alicyclic amines) is 1. The fourth-order valence-electron chi connectivity index (χ4n) is 6.35. The fraction of sp³-hybridized carbons (Fsp3) is 0.485. The topological polar surface area (TPSA) is 110 Å². The Bertz CT molecular complexity index is 1530. The summed E-state index contributed by atoms with van der Waals surface area (Å²) in [4.78, 5) is 34.9. The van der Waals surface area contributed by atoms with E-state index in [-0.39, 0.29) is 18.6 Å². The van der Waals surface area contributed by atoms with Crippen LogP contribution >= 0.6 is 15.9 Å². The van der Waals surface area contributed by atoms with Gasteiger partial charge in [0, 0.05) is 59.9 Å². The van der Waals surface area contributed by atoms with E-state index < -0.39 is 17.9 Å². The minimum Gasteiger partial charge on any atom is -0.482 e. The molecule has 1 N–H and O–H groups in total. The number of hydrogen-bond donors (Lipinski definition) is 1. The smallest absolute Gasteiger partial charge is 0.482 e. The number of nitrogens with zero attached hydrogens (tertiary/aromatic N) is 5. The zero-order valence-electron chi connectivity index (χ0n) is 25.9. The number of aromatic nitrogens is 2. The third-order valence-corrected chi connectivity index (χ3v) is 8.86. The third kappa shape index (κ3) is 7.35. The van der Waals surface area contributed by atoms with Crippen molar-refractivity contribution in [1.82, 2.24) is 19.7 Å². The molecule has 3 aliphatic rings. The summed E-state index contributed by atoms with van der Waals surface area (Å²) in [7, 11) is 0. The molecule has 2 aromatic carbocycles. The van der Waals surface area contributed by atoms with Gasteiger partial charge in [-0.05, 0) is 57.9 Å². The molecule has 1 unspecified atom stereocenters. The summed E-state index contributed by atoms with van der Waals surface area (Å²) < 4.78 is 13.9. The molecule has 0 saturated carbocycles. The van der Waals surface area contributed by atoms with Gasteiger partial charge >= 0.3 is 6.16 Å². The number of piperidine rings is 1. The highest BCUT2D eigenvalue weighted by Gasteiger charge is 2.34. The highest BCUT2D eigenvalue weighted by atomic mass is 79.9. The van der Waals surface area contributed by atoms with Crippen LogP contribution in [0.3, 0.4) is 0 Å². The number of benzene rings is 2. The SMILES string of the molecule is CC(C)(C)OC(=O)ON1CCc2c(c(-c3ccc(Br)cc3)nn2CC(O)CN2CCC(N3C(=O)COc4ccccc43)CC2)C1. The van der Waals surface area contributed by atoms with Crippen LogP contribution in [0.4, 0.5) is 10.5 Å². The van der Waals surface area contributed by atoms with Gasteiger partial charge in [0.15, 0.2) is 6.61 Å². The van der Waals surface area contributed by atoms with Gasteiger partial charge in [0.1, 0.15) is 11.4 Å². The van der Waals surface area contributed by atoms with E-state index in [1.807, 2.05) is 58.1 Å². The average Bonchev–Trinajstić information content (AvgIpc) is 3.34. The highest BCUT2D eigenvalue weighted by molar-refractivity contribution is 9.10. The van der Waals surface area contributed by atoms with E-state index in [0.717, 1.165) is 64.4 Å². The second-order valence-corrected chi connectivity index (χ2v) is 13.8. The Morgan fingerprint density at radius 1 is 1.09 bits per heavy atom. The first-order valence-electron chi connectivity index (χ1n) is 15.5. The number of carbonyl (C=O) groups excluding carboxylic acids is 2. The van der Waals surface area contributed by atoms with E-state index in [9.17, 15) is 14.7 Å². The molecule has 11 nitrogen and oxygen atoms in total. The first-order chi connectivity index (χ1) is 21.5. The van der Waals surface area contributed by atoms with E-state index in [1.54, 1.807) is 25.8 Å². The molecule has 1 amide bonds. The molecule has 4 heterocycles. The van der Waals surface area contributed by atoms with Gasteiger partial charge in [-0.2, -0.15) is 5.10 Å². The largest absolute Gasteiger partial charge is 0.528 e. The van der Waals surface area contributed by atoms with Crippen LogP contribution in [0.15, 0.2) is 53.0 Å². The van der Waals surface area contributed by atoms with Gasteiger partial charge < -0.3 is 29.2 Å². The van der Waals surface area contributed by atoms with Gasteiger partial charge in [-0.15, -0.1) is 5.06 Å². The second kappa shape index (κ2) is 13.1. The molecule has 240 valence electrons. The number of anilines is 1. The molecule has 6 rings (SSSR count). The van der Waals surface area contributed by atoms with Gasteiger partial charge in [-0.1, -0.05) is 40.2 Å². The Kier molecular flexibility index (Phi) is 9.19. The summed E-state index contributed by atoms with van der Waals surface area (Å²) >= 11 is 3.51. The molecule has 1 fully saturated rings. The molecule has 45 heavy (non-hydrogen) atoms. The molecule has 1 aromatic heterocycles. The highest BCUT2D eigenvalue weighted by Crippen LogP contribution is 2.35. The van der Waals surface area contributed by atoms with Crippen LogP contribution in [0.1, 0.15) is 44.9 Å². The average molecular weight is 683 g/mol. The fourth-order valence-corrected chi connectivity index (χ4v) is 6.61. The van der Waals surface area contributed by atoms with Crippen molar-refractivity contribution >= 4 is 33.7 Å². The zero-order chi connectivity index (χ0) is 31.7. The molecule has 0 aliphatic carbocycles. The van der Waals surface area contributed by atoms with Gasteiger partial charge in [-0.25, -0.2) is 4.79 Å². The molecule has 3 aliphatic heterocycles. The lowest BCUT2D eigenvalue weighted by atomic mass is 10.0. The van der Waals surface area contributed by atoms with Crippen LogP contribution in [-0.4, -0.2) is 87.4 Å². The molecule has 0 radical (unpaired) electrons. The number of fused-ring (bicyclic) bond motifs is 2. The minimum atomic E-state index is -0.732. The summed E-state index contributed by atoms with van der Waals surface area (Å²) in [6.07, 6.45) is 0.889. The molecule has 3 aromatic rings. The number of carbonyl (C=O) groups is 2. The predicted octanol–water partition coefficient (Wildman–Crippen LogP) is 4.79. The molecule has 1 saturated heterocycles. The van der Waals surface area contributed by atoms with E-state index in [2.05, 4.69) is 20.8 Å². The molecule has 0 bridgehead atoms. The van der Waals surface area contributed by atoms with Crippen molar-refractivity contribution in [3.63, 3.8) is 0 Å². The number of amides is 1. The predicted molar refractivity (Wildman–Crippen MR) is 172 cm³/mol. The quantitative estimate of drug-likeness (QED) is 0.352. The van der Waals surface area contributed by atoms with Gasteiger partial charge in [0.05, 0.1) is 30.6 Å². The van der Waals surface area contributed by atoms with Crippen LogP contribution in [-0.2, 0) is 33.9 Å². The van der Waals surface area contributed by atoms with Crippen LogP contribution in [0.5, 0.6) is 5.75 Å². The number of hydroxylamine groups is 2. The first kappa shape index (κ1) is 31.5. The van der Waals surface area contributed by atoms with E-state index in [1.165, 1.54) is 0 Å².